The van der Waals surface area contributed by atoms with Gasteiger partial charge in [-0.05, 0) is 24.1 Å². The molecule has 0 unspecified atom stereocenters. The van der Waals surface area contributed by atoms with E-state index in [1.165, 1.54) is 0 Å². The Kier molecular flexibility index (Phi) is 7.52. The number of rotatable bonds is 7. The molecule has 3 aromatic carbocycles. The smallest absolute Gasteiger partial charge is 0.409 e. The molecule has 8 nitrogen and oxygen atoms in total. The molecule has 1 atom stereocenters. The molecule has 0 bridgehead atoms. The SMILES string of the molecule is CCOC(=O)Cc1cccc2c1C(c1ccccc1)=N[C@@H](NC(=O)OCc1ccccc1)C(=O)N2. The molecule has 3 aromatic rings. The predicted molar refractivity (Wildman–Crippen MR) is 131 cm³/mol. The Balaban J connectivity index is 1.66. The number of hydrogen-bond donors (Lipinski definition) is 2. The van der Waals surface area contributed by atoms with Crippen molar-refractivity contribution in [3.63, 3.8) is 0 Å². The fourth-order valence-corrected chi connectivity index (χ4v) is 3.74. The number of anilines is 1. The molecule has 35 heavy (non-hydrogen) atoms. The standard InChI is InChI=1S/C27H25N3O5/c1-2-34-22(31)16-20-14-9-15-21-23(20)24(19-12-7-4-8-13-19)29-25(26(32)28-21)30-27(33)35-17-18-10-5-3-6-11-18/h3-15,25H,2,16-17H2,1H3,(H,28,32)(H,30,33)/t25-/m0/s1. The first-order valence-corrected chi connectivity index (χ1v) is 11.2. The molecule has 0 aliphatic carbocycles. The van der Waals surface area contributed by atoms with E-state index in [9.17, 15) is 14.4 Å². The molecule has 0 spiro atoms. The molecule has 4 rings (SSSR count). The summed E-state index contributed by atoms with van der Waals surface area (Å²) in [4.78, 5) is 42.4. The Morgan fingerprint density at radius 1 is 0.943 bits per heavy atom. The Bertz CT molecular complexity index is 1240. The van der Waals surface area contributed by atoms with E-state index < -0.39 is 18.2 Å². The van der Waals surface area contributed by atoms with Gasteiger partial charge < -0.3 is 14.8 Å². The van der Waals surface area contributed by atoms with Crippen molar-refractivity contribution in [1.29, 1.82) is 0 Å². The van der Waals surface area contributed by atoms with Crippen LogP contribution in [0.1, 0.15) is 29.2 Å². The van der Waals surface area contributed by atoms with Gasteiger partial charge in [0.2, 0.25) is 6.17 Å². The minimum Gasteiger partial charge on any atom is -0.466 e. The van der Waals surface area contributed by atoms with E-state index >= 15 is 0 Å². The second-order valence-corrected chi connectivity index (χ2v) is 7.76. The fraction of sp³-hybridized carbons (Fsp3) is 0.185. The van der Waals surface area contributed by atoms with Crippen LogP contribution in [-0.4, -0.2) is 36.5 Å². The van der Waals surface area contributed by atoms with Crippen molar-refractivity contribution in [3.05, 3.63) is 101 Å². The van der Waals surface area contributed by atoms with Crippen LogP contribution in [-0.2, 0) is 32.1 Å². The van der Waals surface area contributed by atoms with Crippen LogP contribution in [0.2, 0.25) is 0 Å². The number of carbonyl (C=O) groups excluding carboxylic acids is 3. The quantitative estimate of drug-likeness (QED) is 0.510. The second-order valence-electron chi connectivity index (χ2n) is 7.76. The molecule has 2 amide bonds. The van der Waals surface area contributed by atoms with Gasteiger partial charge in [-0.2, -0.15) is 0 Å². The zero-order valence-corrected chi connectivity index (χ0v) is 19.2. The number of aliphatic imine (C=N–C) groups is 1. The Labute approximate surface area is 203 Å². The molecule has 0 saturated carbocycles. The summed E-state index contributed by atoms with van der Waals surface area (Å²) in [6, 6.07) is 23.8. The molecule has 2 N–H and O–H groups in total. The number of nitrogens with one attached hydrogen (secondary N) is 2. The monoisotopic (exact) mass is 471 g/mol. The molecular formula is C27H25N3O5. The van der Waals surface area contributed by atoms with Gasteiger partial charge in [-0.15, -0.1) is 0 Å². The van der Waals surface area contributed by atoms with Gasteiger partial charge in [-0.25, -0.2) is 9.79 Å². The van der Waals surface area contributed by atoms with Gasteiger partial charge in [0.05, 0.1) is 24.4 Å². The van der Waals surface area contributed by atoms with Crippen LogP contribution < -0.4 is 10.6 Å². The van der Waals surface area contributed by atoms with Gasteiger partial charge in [0, 0.05) is 11.1 Å². The minimum atomic E-state index is -1.24. The molecule has 0 saturated heterocycles. The molecule has 0 fully saturated rings. The number of alkyl carbamates (subject to hydrolysis) is 1. The van der Waals surface area contributed by atoms with E-state index in [-0.39, 0.29) is 25.6 Å². The first-order valence-electron chi connectivity index (χ1n) is 11.2. The van der Waals surface area contributed by atoms with Crippen LogP contribution in [0.5, 0.6) is 0 Å². The first-order chi connectivity index (χ1) is 17.0. The van der Waals surface area contributed by atoms with Crippen molar-refractivity contribution < 1.29 is 23.9 Å². The maximum absolute atomic E-state index is 13.0. The van der Waals surface area contributed by atoms with Gasteiger partial charge in [-0.1, -0.05) is 72.8 Å². The zero-order valence-electron chi connectivity index (χ0n) is 19.2. The maximum Gasteiger partial charge on any atom is 0.409 e. The lowest BCUT2D eigenvalue weighted by atomic mass is 9.94. The topological polar surface area (TPSA) is 106 Å². The van der Waals surface area contributed by atoms with Crippen LogP contribution in [0, 0.1) is 0 Å². The zero-order chi connectivity index (χ0) is 24.6. The third-order valence-electron chi connectivity index (χ3n) is 5.31. The average Bonchev–Trinajstić information content (AvgIpc) is 3.01. The lowest BCUT2D eigenvalue weighted by molar-refractivity contribution is -0.142. The third kappa shape index (κ3) is 5.92. The number of amides is 2. The van der Waals surface area contributed by atoms with Crippen LogP contribution in [0.25, 0.3) is 0 Å². The first kappa shape index (κ1) is 23.7. The summed E-state index contributed by atoms with van der Waals surface area (Å²) in [5.74, 6) is -0.912. The van der Waals surface area contributed by atoms with Crippen molar-refractivity contribution in [2.75, 3.05) is 11.9 Å². The highest BCUT2D eigenvalue weighted by Gasteiger charge is 2.29. The summed E-state index contributed by atoms with van der Waals surface area (Å²) in [5, 5.41) is 5.36. The Morgan fingerprint density at radius 3 is 2.37 bits per heavy atom. The van der Waals surface area contributed by atoms with Crippen LogP contribution in [0.3, 0.4) is 0 Å². The molecule has 178 valence electrons. The summed E-state index contributed by atoms with van der Waals surface area (Å²) < 4.78 is 10.4. The summed E-state index contributed by atoms with van der Waals surface area (Å²) in [6.45, 7) is 2.06. The lowest BCUT2D eigenvalue weighted by Gasteiger charge is -2.15. The third-order valence-corrected chi connectivity index (χ3v) is 5.31. The Morgan fingerprint density at radius 2 is 1.66 bits per heavy atom. The van der Waals surface area contributed by atoms with Crippen LogP contribution in [0.15, 0.2) is 83.9 Å². The maximum atomic E-state index is 13.0. The molecule has 8 heteroatoms. The lowest BCUT2D eigenvalue weighted by Crippen LogP contribution is -2.42. The van der Waals surface area contributed by atoms with Gasteiger partial charge >= 0.3 is 12.1 Å². The molecular weight excluding hydrogens is 446 g/mol. The highest BCUT2D eigenvalue weighted by molar-refractivity contribution is 6.20. The van der Waals surface area contributed by atoms with Gasteiger partial charge in [0.1, 0.15) is 6.61 Å². The van der Waals surface area contributed by atoms with E-state index in [4.69, 9.17) is 9.47 Å². The average molecular weight is 472 g/mol. The number of fused-ring (bicyclic) bond motifs is 1. The van der Waals surface area contributed by atoms with Crippen molar-refractivity contribution in [2.24, 2.45) is 4.99 Å². The van der Waals surface area contributed by atoms with Crippen LogP contribution in [0.4, 0.5) is 10.5 Å². The number of carbonyl (C=O) groups is 3. The molecule has 0 radical (unpaired) electrons. The van der Waals surface area contributed by atoms with E-state index in [0.29, 0.717) is 22.5 Å². The van der Waals surface area contributed by atoms with Crippen molar-refractivity contribution in [1.82, 2.24) is 5.32 Å². The van der Waals surface area contributed by atoms with E-state index in [1.807, 2.05) is 60.7 Å². The van der Waals surface area contributed by atoms with Crippen molar-refractivity contribution in [3.8, 4) is 0 Å². The largest absolute Gasteiger partial charge is 0.466 e. The van der Waals surface area contributed by atoms with Crippen molar-refractivity contribution in [2.45, 2.75) is 26.1 Å². The predicted octanol–water partition coefficient (Wildman–Crippen LogP) is 3.83. The number of hydrogen-bond acceptors (Lipinski definition) is 6. The summed E-state index contributed by atoms with van der Waals surface area (Å²) in [6.07, 6.45) is -2.00. The highest BCUT2D eigenvalue weighted by atomic mass is 16.5. The molecule has 1 aliphatic rings. The van der Waals surface area contributed by atoms with Gasteiger partial charge in [0.15, 0.2) is 0 Å². The fourth-order valence-electron chi connectivity index (χ4n) is 3.74. The number of esters is 1. The summed E-state index contributed by atoms with van der Waals surface area (Å²) in [7, 11) is 0. The van der Waals surface area contributed by atoms with Gasteiger partial charge in [0.25, 0.3) is 5.91 Å². The molecule has 0 aromatic heterocycles. The number of benzodiazepines with no additional fused rings is 1. The highest BCUT2D eigenvalue weighted by Crippen LogP contribution is 2.28. The second kappa shape index (κ2) is 11.1. The summed E-state index contributed by atoms with van der Waals surface area (Å²) >= 11 is 0. The minimum absolute atomic E-state index is 0.00987. The number of nitrogens with zero attached hydrogens (tertiary/aromatic N) is 1. The van der Waals surface area contributed by atoms with Crippen molar-refractivity contribution >= 4 is 29.4 Å². The van der Waals surface area contributed by atoms with E-state index in [0.717, 1.165) is 11.1 Å². The van der Waals surface area contributed by atoms with E-state index in [1.54, 1.807) is 25.1 Å². The van der Waals surface area contributed by atoms with E-state index in [2.05, 4.69) is 15.6 Å². The normalized spacial score (nSPS) is 14.6. The number of benzene rings is 3. The molecule has 1 heterocycles. The molecule has 1 aliphatic heterocycles. The summed E-state index contributed by atoms with van der Waals surface area (Å²) in [5.41, 5.74) is 3.75. The van der Waals surface area contributed by atoms with Gasteiger partial charge in [-0.3, -0.25) is 14.9 Å². The number of ether oxygens (including phenoxy) is 2. The Hall–Kier alpha value is -4.46. The van der Waals surface area contributed by atoms with Crippen LogP contribution >= 0.6 is 0 Å².